The third-order valence-electron chi connectivity index (χ3n) is 6.09. The minimum atomic E-state index is -0.158. The van der Waals surface area contributed by atoms with E-state index < -0.39 is 0 Å². The first-order chi connectivity index (χ1) is 17.1. The van der Waals surface area contributed by atoms with Gasteiger partial charge in [-0.05, 0) is 73.2 Å². The molecule has 0 aliphatic carbocycles. The predicted octanol–water partition coefficient (Wildman–Crippen LogP) is 4.58. The smallest absolute Gasteiger partial charge is 0.226 e. The van der Waals surface area contributed by atoms with Gasteiger partial charge in [-0.25, -0.2) is 0 Å². The summed E-state index contributed by atoms with van der Waals surface area (Å²) in [5, 5.41) is 7.05. The minimum Gasteiger partial charge on any atom is -0.352 e. The minimum absolute atomic E-state index is 0.0546. The van der Waals surface area contributed by atoms with Crippen molar-refractivity contribution in [2.45, 2.75) is 25.4 Å². The van der Waals surface area contributed by atoms with Crippen molar-refractivity contribution in [3.63, 3.8) is 0 Å². The Balaban J connectivity index is 1.43. The number of nitrogens with one attached hydrogen (secondary N) is 2. The number of carbonyl (C=O) groups excluding carboxylic acids is 1. The number of rotatable bonds is 7. The van der Waals surface area contributed by atoms with E-state index in [9.17, 15) is 4.79 Å². The first-order valence-electron chi connectivity index (χ1n) is 11.5. The Morgan fingerprint density at radius 2 is 2.00 bits per heavy atom. The lowest BCUT2D eigenvalue weighted by atomic mass is 10.0. The molecule has 1 amide bonds. The molecule has 8 heteroatoms. The fourth-order valence-electron chi connectivity index (χ4n) is 4.50. The second-order valence-corrected chi connectivity index (χ2v) is 8.89. The van der Waals surface area contributed by atoms with Crippen LogP contribution >= 0.6 is 12.2 Å². The van der Waals surface area contributed by atoms with Gasteiger partial charge in [0.2, 0.25) is 5.91 Å². The Hall–Kier alpha value is -4.04. The second kappa shape index (κ2) is 10.1. The molecule has 2 atom stereocenters. The van der Waals surface area contributed by atoms with Crippen molar-refractivity contribution >= 4 is 28.9 Å². The molecule has 0 spiro atoms. The van der Waals surface area contributed by atoms with Crippen molar-refractivity contribution in [1.29, 1.82) is 0 Å². The first-order valence-corrected chi connectivity index (χ1v) is 11.9. The molecule has 1 aromatic carbocycles. The molecule has 1 aliphatic rings. The highest BCUT2D eigenvalue weighted by atomic mass is 32.1. The topological polar surface area (TPSA) is 75.1 Å². The third kappa shape index (κ3) is 4.93. The van der Waals surface area contributed by atoms with E-state index in [2.05, 4.69) is 36.1 Å². The quantitative estimate of drug-likeness (QED) is 0.376. The predicted molar refractivity (Wildman–Crippen MR) is 140 cm³/mol. The van der Waals surface area contributed by atoms with Crippen LogP contribution in [0.1, 0.15) is 35.5 Å². The van der Waals surface area contributed by atoms with Crippen LogP contribution < -0.4 is 10.6 Å². The van der Waals surface area contributed by atoms with Gasteiger partial charge in [0, 0.05) is 42.9 Å². The number of aromatic nitrogens is 3. The molecule has 176 valence electrons. The number of benzene rings is 1. The van der Waals surface area contributed by atoms with Gasteiger partial charge in [-0.15, -0.1) is 0 Å². The summed E-state index contributed by atoms with van der Waals surface area (Å²) in [6.07, 6.45) is 7.70. The van der Waals surface area contributed by atoms with E-state index in [4.69, 9.17) is 12.2 Å². The number of hydrogen-bond donors (Lipinski definition) is 2. The van der Waals surface area contributed by atoms with Crippen LogP contribution in [-0.4, -0.2) is 37.0 Å². The van der Waals surface area contributed by atoms with Crippen LogP contribution in [0.15, 0.2) is 91.5 Å². The largest absolute Gasteiger partial charge is 0.352 e. The zero-order valence-electron chi connectivity index (χ0n) is 19.3. The van der Waals surface area contributed by atoms with Crippen LogP contribution in [0.4, 0.5) is 5.69 Å². The molecule has 4 aromatic rings. The van der Waals surface area contributed by atoms with Crippen LogP contribution in [0.25, 0.3) is 5.69 Å². The van der Waals surface area contributed by atoms with Crippen molar-refractivity contribution in [3.8, 4) is 5.69 Å². The Morgan fingerprint density at radius 3 is 2.77 bits per heavy atom. The fourth-order valence-corrected chi connectivity index (χ4v) is 4.83. The van der Waals surface area contributed by atoms with Crippen LogP contribution in [0.5, 0.6) is 0 Å². The highest BCUT2D eigenvalue weighted by molar-refractivity contribution is 7.80. The molecule has 0 saturated carbocycles. The Kier molecular flexibility index (Phi) is 6.54. The van der Waals surface area contributed by atoms with E-state index in [0.717, 1.165) is 28.3 Å². The molecule has 5 rings (SSSR count). The lowest BCUT2D eigenvalue weighted by Crippen LogP contribution is -2.33. The maximum atomic E-state index is 12.8. The van der Waals surface area contributed by atoms with Crippen molar-refractivity contribution < 1.29 is 4.79 Å². The summed E-state index contributed by atoms with van der Waals surface area (Å²) >= 11 is 5.76. The number of aryl methyl sites for hydroxylation is 1. The maximum Gasteiger partial charge on any atom is 0.226 e. The summed E-state index contributed by atoms with van der Waals surface area (Å²) in [6.45, 7) is 2.47. The zero-order valence-corrected chi connectivity index (χ0v) is 20.2. The zero-order chi connectivity index (χ0) is 24.2. The van der Waals surface area contributed by atoms with Gasteiger partial charge in [-0.2, -0.15) is 0 Å². The van der Waals surface area contributed by atoms with Gasteiger partial charge in [-0.3, -0.25) is 14.8 Å². The van der Waals surface area contributed by atoms with E-state index in [1.165, 1.54) is 0 Å². The van der Waals surface area contributed by atoms with Crippen molar-refractivity contribution in [2.24, 2.45) is 0 Å². The van der Waals surface area contributed by atoms with E-state index >= 15 is 0 Å². The summed E-state index contributed by atoms with van der Waals surface area (Å²) in [7, 11) is 0. The number of nitrogens with zero attached hydrogens (tertiary/aromatic N) is 4. The Morgan fingerprint density at radius 1 is 1.09 bits per heavy atom. The summed E-state index contributed by atoms with van der Waals surface area (Å²) in [5.41, 5.74) is 4.79. The van der Waals surface area contributed by atoms with Crippen LogP contribution in [-0.2, 0) is 4.79 Å². The fraction of sp³-hybridized carbons (Fsp3) is 0.185. The molecule has 2 N–H and O–H groups in total. The molecule has 1 saturated heterocycles. The van der Waals surface area contributed by atoms with Gasteiger partial charge in [0.05, 0.1) is 29.7 Å². The number of pyridine rings is 2. The summed E-state index contributed by atoms with van der Waals surface area (Å²) in [6, 6.07) is 21.4. The van der Waals surface area contributed by atoms with Gasteiger partial charge in [0.15, 0.2) is 5.11 Å². The SMILES string of the molecule is Cc1cccc(NC(=O)CCN2C(=S)N[C@H](c3ccccn3)[C@H]2c2cccn2-c2cccnc2)c1. The highest BCUT2D eigenvalue weighted by Crippen LogP contribution is 2.39. The highest BCUT2D eigenvalue weighted by Gasteiger charge is 2.41. The Bertz CT molecular complexity index is 1320. The molecule has 1 fully saturated rings. The molecule has 1 aliphatic heterocycles. The average Bonchev–Trinajstić information content (AvgIpc) is 3.48. The first kappa shape index (κ1) is 22.7. The molecular weight excluding hydrogens is 456 g/mol. The van der Waals surface area contributed by atoms with Crippen molar-refractivity contribution in [1.82, 2.24) is 24.8 Å². The Labute approximate surface area is 209 Å². The molecular formula is C27H26N6OS. The molecule has 0 bridgehead atoms. The monoisotopic (exact) mass is 482 g/mol. The molecule has 35 heavy (non-hydrogen) atoms. The molecule has 7 nitrogen and oxygen atoms in total. The number of amides is 1. The van der Waals surface area contributed by atoms with E-state index in [0.29, 0.717) is 18.1 Å². The van der Waals surface area contributed by atoms with Gasteiger partial charge < -0.3 is 20.1 Å². The number of carbonyl (C=O) groups is 1. The maximum absolute atomic E-state index is 12.8. The van der Waals surface area contributed by atoms with Gasteiger partial charge >= 0.3 is 0 Å². The van der Waals surface area contributed by atoms with Gasteiger partial charge in [0.25, 0.3) is 0 Å². The normalized spacial score (nSPS) is 17.3. The second-order valence-electron chi connectivity index (χ2n) is 8.50. The third-order valence-corrected chi connectivity index (χ3v) is 6.44. The standard InChI is InChI=1S/C27H26N6OS/c1-19-7-4-8-20(17-19)30-24(34)12-16-33-26(25(31-27(33)35)22-10-2-3-14-29-22)23-11-6-15-32(23)21-9-5-13-28-18-21/h2-11,13-15,17-18,25-26H,12,16H2,1H3,(H,30,34)(H,31,35)/t25-,26-/m1/s1. The molecule has 4 heterocycles. The van der Waals surface area contributed by atoms with Crippen LogP contribution in [0, 0.1) is 6.92 Å². The molecule has 3 aromatic heterocycles. The van der Waals surface area contributed by atoms with Gasteiger partial charge in [-0.1, -0.05) is 18.2 Å². The number of anilines is 1. The summed E-state index contributed by atoms with van der Waals surface area (Å²) in [4.78, 5) is 23.8. The van der Waals surface area contributed by atoms with Crippen LogP contribution in [0.3, 0.4) is 0 Å². The molecule has 0 unspecified atom stereocenters. The van der Waals surface area contributed by atoms with E-state index in [1.807, 2.05) is 80.0 Å². The molecule has 0 radical (unpaired) electrons. The summed E-state index contributed by atoms with van der Waals surface area (Å²) < 4.78 is 2.11. The lowest BCUT2D eigenvalue weighted by molar-refractivity contribution is -0.116. The van der Waals surface area contributed by atoms with Crippen molar-refractivity contribution in [2.75, 3.05) is 11.9 Å². The van der Waals surface area contributed by atoms with Crippen LogP contribution in [0.2, 0.25) is 0 Å². The number of thiocarbonyl (C=S) groups is 1. The average molecular weight is 483 g/mol. The van der Waals surface area contributed by atoms with E-state index in [-0.39, 0.29) is 18.0 Å². The lowest BCUT2D eigenvalue weighted by Gasteiger charge is -2.28. The van der Waals surface area contributed by atoms with Crippen molar-refractivity contribution in [3.05, 3.63) is 108 Å². The number of hydrogen-bond acceptors (Lipinski definition) is 4. The van der Waals surface area contributed by atoms with E-state index in [1.54, 1.807) is 12.4 Å². The van der Waals surface area contributed by atoms with Gasteiger partial charge in [0.1, 0.15) is 0 Å². The summed E-state index contributed by atoms with van der Waals surface area (Å²) in [5.74, 6) is -0.0546.